The van der Waals surface area contributed by atoms with Crippen LogP contribution in [0.15, 0.2) is 6.20 Å². The van der Waals surface area contributed by atoms with Gasteiger partial charge < -0.3 is 15.2 Å². The maximum Gasteiger partial charge on any atom is 0.161 e. The molecule has 1 aromatic heterocycles. The van der Waals surface area contributed by atoms with Crippen molar-refractivity contribution in [1.82, 2.24) is 9.78 Å². The molecule has 0 saturated heterocycles. The smallest absolute Gasteiger partial charge is 0.161 e. The Balaban J connectivity index is 1.93. The zero-order chi connectivity index (χ0) is 13.8. The Hall–Kier alpha value is -1.07. The van der Waals surface area contributed by atoms with Gasteiger partial charge in [-0.15, -0.1) is 0 Å². The van der Waals surface area contributed by atoms with Gasteiger partial charge >= 0.3 is 0 Å². The van der Waals surface area contributed by atoms with E-state index in [4.69, 9.17) is 15.2 Å². The second-order valence-electron chi connectivity index (χ2n) is 5.17. The van der Waals surface area contributed by atoms with Crippen LogP contribution < -0.4 is 10.5 Å². The van der Waals surface area contributed by atoms with E-state index < -0.39 is 0 Å². The van der Waals surface area contributed by atoms with Gasteiger partial charge in [-0.25, -0.2) is 0 Å². The number of nitrogens with two attached hydrogens (primary N) is 1. The molecule has 1 heterocycles. The van der Waals surface area contributed by atoms with Crippen molar-refractivity contribution in [2.24, 2.45) is 11.7 Å². The minimum Gasteiger partial charge on any atom is -0.493 e. The molecule has 1 fully saturated rings. The van der Waals surface area contributed by atoms with Crippen molar-refractivity contribution < 1.29 is 9.47 Å². The van der Waals surface area contributed by atoms with Gasteiger partial charge in [-0.05, 0) is 39.0 Å². The quantitative estimate of drug-likeness (QED) is 0.822. The number of hydrogen-bond acceptors (Lipinski definition) is 4. The number of aromatic nitrogens is 2. The highest BCUT2D eigenvalue weighted by Crippen LogP contribution is 2.37. The monoisotopic (exact) mass is 267 g/mol. The molecule has 1 saturated carbocycles. The van der Waals surface area contributed by atoms with E-state index in [1.807, 2.05) is 11.6 Å². The molecule has 2 rings (SSSR count). The van der Waals surface area contributed by atoms with Crippen LogP contribution in [0.5, 0.6) is 5.75 Å². The number of aryl methyl sites for hydroxylation is 1. The first-order chi connectivity index (χ1) is 9.19. The molecule has 1 aromatic rings. The third-order valence-corrected chi connectivity index (χ3v) is 3.90. The van der Waals surface area contributed by atoms with Gasteiger partial charge in [-0.3, -0.25) is 4.68 Å². The summed E-state index contributed by atoms with van der Waals surface area (Å²) in [6.07, 6.45) is 5.43. The highest BCUT2D eigenvalue weighted by molar-refractivity contribution is 5.28. The minimum absolute atomic E-state index is 0.00928. The van der Waals surface area contributed by atoms with Gasteiger partial charge in [0.15, 0.2) is 5.75 Å². The Labute approximate surface area is 115 Å². The number of ether oxygens (including phenoxy) is 2. The predicted octanol–water partition coefficient (Wildman–Crippen LogP) is 2.12. The van der Waals surface area contributed by atoms with Gasteiger partial charge in [-0.2, -0.15) is 5.10 Å². The first kappa shape index (κ1) is 14.3. The lowest BCUT2D eigenvalue weighted by Crippen LogP contribution is -2.34. The third-order valence-electron chi connectivity index (χ3n) is 3.90. The number of methoxy groups -OCH3 is 1. The summed E-state index contributed by atoms with van der Waals surface area (Å²) in [5.41, 5.74) is 7.36. The lowest BCUT2D eigenvalue weighted by atomic mass is 9.78. The fourth-order valence-corrected chi connectivity index (χ4v) is 2.87. The molecule has 0 radical (unpaired) electrons. The van der Waals surface area contributed by atoms with Gasteiger partial charge in [0.2, 0.25) is 0 Å². The lowest BCUT2D eigenvalue weighted by Gasteiger charge is -2.36. The Morgan fingerprint density at radius 3 is 2.79 bits per heavy atom. The van der Waals surface area contributed by atoms with Crippen LogP contribution >= 0.6 is 0 Å². The van der Waals surface area contributed by atoms with E-state index in [0.717, 1.165) is 43.9 Å². The normalized spacial score (nSPS) is 24.0. The summed E-state index contributed by atoms with van der Waals surface area (Å²) in [5, 5.41) is 4.31. The van der Waals surface area contributed by atoms with Crippen molar-refractivity contribution >= 4 is 0 Å². The highest BCUT2D eigenvalue weighted by atomic mass is 16.5. The van der Waals surface area contributed by atoms with Gasteiger partial charge in [0.25, 0.3) is 0 Å². The van der Waals surface area contributed by atoms with Crippen molar-refractivity contribution in [3.63, 3.8) is 0 Å². The van der Waals surface area contributed by atoms with Crippen molar-refractivity contribution in [3.05, 3.63) is 11.9 Å². The van der Waals surface area contributed by atoms with Crippen LogP contribution in [0.2, 0.25) is 0 Å². The summed E-state index contributed by atoms with van der Waals surface area (Å²) in [7, 11) is 1.67. The number of hydrogen-bond donors (Lipinski definition) is 1. The molecule has 1 atom stereocenters. The van der Waals surface area contributed by atoms with Gasteiger partial charge in [0.05, 0.1) is 31.1 Å². The van der Waals surface area contributed by atoms with Crippen LogP contribution in [0.1, 0.15) is 44.8 Å². The molecule has 0 spiro atoms. The van der Waals surface area contributed by atoms with E-state index in [-0.39, 0.29) is 6.04 Å². The second kappa shape index (κ2) is 6.39. The molecule has 0 amide bonds. The third kappa shape index (κ3) is 3.09. The summed E-state index contributed by atoms with van der Waals surface area (Å²) in [4.78, 5) is 0. The maximum atomic E-state index is 6.34. The van der Waals surface area contributed by atoms with Gasteiger partial charge in [0.1, 0.15) is 0 Å². The summed E-state index contributed by atoms with van der Waals surface area (Å²) >= 11 is 0. The van der Waals surface area contributed by atoms with E-state index in [0.29, 0.717) is 12.0 Å². The Bertz CT molecular complexity index is 378. The molecule has 0 aromatic carbocycles. The first-order valence-electron chi connectivity index (χ1n) is 7.16. The molecule has 19 heavy (non-hydrogen) atoms. The molecule has 1 aliphatic rings. The molecule has 1 unspecified atom stereocenters. The molecular formula is C14H25N3O2. The predicted molar refractivity (Wildman–Crippen MR) is 74.1 cm³/mol. The van der Waals surface area contributed by atoms with Gasteiger partial charge in [-0.1, -0.05) is 0 Å². The van der Waals surface area contributed by atoms with Crippen molar-refractivity contribution in [3.8, 4) is 5.75 Å². The van der Waals surface area contributed by atoms with Crippen LogP contribution in [-0.2, 0) is 11.3 Å². The van der Waals surface area contributed by atoms with Crippen molar-refractivity contribution in [1.29, 1.82) is 0 Å². The summed E-state index contributed by atoms with van der Waals surface area (Å²) in [5.74, 6) is 1.46. The molecule has 0 aliphatic heterocycles. The average molecular weight is 267 g/mol. The van der Waals surface area contributed by atoms with Crippen LogP contribution in [0, 0.1) is 5.92 Å². The van der Waals surface area contributed by atoms with Crippen molar-refractivity contribution in [2.75, 3.05) is 13.7 Å². The second-order valence-corrected chi connectivity index (χ2v) is 5.17. The minimum atomic E-state index is -0.00928. The zero-order valence-corrected chi connectivity index (χ0v) is 12.1. The Kier molecular flexibility index (Phi) is 4.82. The fraction of sp³-hybridized carbons (Fsp3) is 0.786. The van der Waals surface area contributed by atoms with Gasteiger partial charge in [0, 0.05) is 13.2 Å². The largest absolute Gasteiger partial charge is 0.493 e. The molecule has 1 aliphatic carbocycles. The molecule has 108 valence electrons. The van der Waals surface area contributed by atoms with Crippen LogP contribution in [0.3, 0.4) is 0 Å². The van der Waals surface area contributed by atoms with E-state index >= 15 is 0 Å². The average Bonchev–Trinajstić information content (AvgIpc) is 2.79. The lowest BCUT2D eigenvalue weighted by molar-refractivity contribution is -0.0284. The number of nitrogens with zero attached hydrogens (tertiary/aromatic N) is 2. The summed E-state index contributed by atoms with van der Waals surface area (Å²) in [6, 6.07) is -0.00928. The molecule has 2 N–H and O–H groups in total. The van der Waals surface area contributed by atoms with Crippen molar-refractivity contribution in [2.45, 2.75) is 51.8 Å². The molecule has 0 bridgehead atoms. The van der Waals surface area contributed by atoms with E-state index in [1.165, 1.54) is 0 Å². The zero-order valence-electron chi connectivity index (χ0n) is 12.1. The van der Waals surface area contributed by atoms with Crippen LogP contribution in [-0.4, -0.2) is 29.6 Å². The highest BCUT2D eigenvalue weighted by Gasteiger charge is 2.32. The standard InChI is InChI=1S/C14H25N3O2/c1-4-17-14(13(18-3)9-16-17)12(15)8-10-6-11(7-10)19-5-2/h9-12H,4-8,15H2,1-3H3. The number of rotatable bonds is 7. The van der Waals surface area contributed by atoms with E-state index in [1.54, 1.807) is 13.3 Å². The molecule has 5 nitrogen and oxygen atoms in total. The summed E-state index contributed by atoms with van der Waals surface area (Å²) in [6.45, 7) is 5.74. The SMILES string of the molecule is CCOC1CC(CC(N)c2c(OC)cnn2CC)C1. The molecular weight excluding hydrogens is 242 g/mol. The fourth-order valence-electron chi connectivity index (χ4n) is 2.87. The maximum absolute atomic E-state index is 6.34. The first-order valence-corrected chi connectivity index (χ1v) is 7.16. The molecule has 5 heteroatoms. The van der Waals surface area contributed by atoms with E-state index in [9.17, 15) is 0 Å². The summed E-state index contributed by atoms with van der Waals surface area (Å²) < 4.78 is 12.9. The van der Waals surface area contributed by atoms with Crippen LogP contribution in [0.25, 0.3) is 0 Å². The van der Waals surface area contributed by atoms with Crippen LogP contribution in [0.4, 0.5) is 0 Å². The topological polar surface area (TPSA) is 62.3 Å². The van der Waals surface area contributed by atoms with E-state index in [2.05, 4.69) is 12.0 Å². The Morgan fingerprint density at radius 1 is 1.47 bits per heavy atom. The Morgan fingerprint density at radius 2 is 2.21 bits per heavy atom.